The van der Waals surface area contributed by atoms with Gasteiger partial charge in [0.25, 0.3) is 0 Å². The summed E-state index contributed by atoms with van der Waals surface area (Å²) in [6.45, 7) is 2.03. The fraction of sp³-hybridized carbons (Fsp3) is 0.571. The average Bonchev–Trinajstić information content (AvgIpc) is 2.44. The molecule has 0 bridgehead atoms. The Hall–Kier alpha value is -0.410. The molecule has 10 heavy (non-hydrogen) atoms. The molecule has 1 fully saturated rings. The van der Waals surface area contributed by atoms with Gasteiger partial charge in [-0.1, -0.05) is 0 Å². The molecule has 0 saturated heterocycles. The van der Waals surface area contributed by atoms with Gasteiger partial charge in [-0.25, -0.2) is 0 Å². The van der Waals surface area contributed by atoms with E-state index in [1.165, 1.54) is 17.1 Å². The Bertz CT molecular complexity index is 250. The summed E-state index contributed by atoms with van der Waals surface area (Å²) in [6, 6.07) is 0. The molecule has 2 N–H and O–H groups in total. The summed E-state index contributed by atoms with van der Waals surface area (Å²) in [5.74, 6) is 0. The molecule has 0 atom stereocenters. The standard InChI is InChI=1S/C7H10N2S/c1-5-6(4-10-9-5)7(8)2-3-7/h4H,2-3,8H2,1H3. The lowest BCUT2D eigenvalue weighted by molar-refractivity contribution is 0.734. The van der Waals surface area contributed by atoms with Crippen molar-refractivity contribution in [3.63, 3.8) is 0 Å². The number of nitrogens with zero attached hydrogens (tertiary/aromatic N) is 1. The zero-order chi connectivity index (χ0) is 7.19. The van der Waals surface area contributed by atoms with Crippen molar-refractivity contribution >= 4 is 11.5 Å². The molecule has 0 aliphatic heterocycles. The van der Waals surface area contributed by atoms with Gasteiger partial charge in [0, 0.05) is 16.5 Å². The van der Waals surface area contributed by atoms with Gasteiger partial charge < -0.3 is 5.73 Å². The van der Waals surface area contributed by atoms with E-state index in [-0.39, 0.29) is 5.54 Å². The van der Waals surface area contributed by atoms with Crippen LogP contribution in [0.25, 0.3) is 0 Å². The van der Waals surface area contributed by atoms with Crippen molar-refractivity contribution in [2.75, 3.05) is 0 Å². The van der Waals surface area contributed by atoms with E-state index >= 15 is 0 Å². The average molecular weight is 154 g/mol. The molecular formula is C7H10N2S. The highest BCUT2D eigenvalue weighted by molar-refractivity contribution is 7.03. The summed E-state index contributed by atoms with van der Waals surface area (Å²) in [6.07, 6.45) is 2.26. The lowest BCUT2D eigenvalue weighted by Crippen LogP contribution is -2.18. The number of aromatic nitrogens is 1. The summed E-state index contributed by atoms with van der Waals surface area (Å²) < 4.78 is 4.18. The number of hydrogen-bond acceptors (Lipinski definition) is 3. The van der Waals surface area contributed by atoms with E-state index in [4.69, 9.17) is 5.73 Å². The van der Waals surface area contributed by atoms with Gasteiger partial charge in [0.1, 0.15) is 0 Å². The summed E-state index contributed by atoms with van der Waals surface area (Å²) in [7, 11) is 0. The van der Waals surface area contributed by atoms with E-state index in [1.54, 1.807) is 0 Å². The first-order valence-corrected chi connectivity index (χ1v) is 4.26. The molecule has 2 nitrogen and oxygen atoms in total. The SMILES string of the molecule is Cc1nscc1C1(N)CC1. The molecular weight excluding hydrogens is 144 g/mol. The molecule has 0 unspecified atom stereocenters. The topological polar surface area (TPSA) is 38.9 Å². The molecule has 1 aromatic rings. The predicted octanol–water partition coefficient (Wildman–Crippen LogP) is 1.40. The quantitative estimate of drug-likeness (QED) is 0.664. The normalized spacial score (nSPS) is 21.0. The highest BCUT2D eigenvalue weighted by atomic mass is 32.1. The van der Waals surface area contributed by atoms with Crippen molar-refractivity contribution < 1.29 is 0 Å². The van der Waals surface area contributed by atoms with Crippen molar-refractivity contribution in [1.82, 2.24) is 4.37 Å². The predicted molar refractivity (Wildman–Crippen MR) is 42.0 cm³/mol. The van der Waals surface area contributed by atoms with Gasteiger partial charge in [-0.3, -0.25) is 0 Å². The summed E-state index contributed by atoms with van der Waals surface area (Å²) in [4.78, 5) is 0. The lowest BCUT2D eigenvalue weighted by atomic mass is 10.1. The van der Waals surface area contributed by atoms with Gasteiger partial charge in [0.05, 0.1) is 5.69 Å². The van der Waals surface area contributed by atoms with Crippen LogP contribution in [-0.4, -0.2) is 4.37 Å². The van der Waals surface area contributed by atoms with Crippen molar-refractivity contribution in [1.29, 1.82) is 0 Å². The minimum atomic E-state index is 0.0110. The van der Waals surface area contributed by atoms with Gasteiger partial charge in [-0.05, 0) is 31.3 Å². The molecule has 1 saturated carbocycles. The monoisotopic (exact) mass is 154 g/mol. The first-order valence-electron chi connectivity index (χ1n) is 3.43. The summed E-state index contributed by atoms with van der Waals surface area (Å²) in [5.41, 5.74) is 8.37. The van der Waals surface area contributed by atoms with Crippen LogP contribution in [0.15, 0.2) is 5.38 Å². The summed E-state index contributed by atoms with van der Waals surface area (Å²) >= 11 is 1.50. The third kappa shape index (κ3) is 0.777. The number of rotatable bonds is 1. The van der Waals surface area contributed by atoms with Crippen LogP contribution in [0.5, 0.6) is 0 Å². The van der Waals surface area contributed by atoms with Gasteiger partial charge in [-0.2, -0.15) is 4.37 Å². The van der Waals surface area contributed by atoms with E-state index in [2.05, 4.69) is 9.75 Å². The Morgan fingerprint density at radius 1 is 1.70 bits per heavy atom. The molecule has 0 spiro atoms. The highest BCUT2D eigenvalue weighted by Gasteiger charge is 2.41. The van der Waals surface area contributed by atoms with Gasteiger partial charge in [-0.15, -0.1) is 0 Å². The second-order valence-electron chi connectivity index (χ2n) is 2.97. The van der Waals surface area contributed by atoms with Crippen LogP contribution < -0.4 is 5.73 Å². The molecule has 1 aliphatic rings. The Balaban J connectivity index is 2.42. The minimum absolute atomic E-state index is 0.0110. The van der Waals surface area contributed by atoms with E-state index < -0.39 is 0 Å². The second-order valence-corrected chi connectivity index (χ2v) is 3.60. The molecule has 0 amide bonds. The van der Waals surface area contributed by atoms with Crippen LogP contribution in [0.2, 0.25) is 0 Å². The zero-order valence-corrected chi connectivity index (χ0v) is 6.74. The summed E-state index contributed by atoms with van der Waals surface area (Å²) in [5, 5.41) is 2.07. The lowest BCUT2D eigenvalue weighted by Gasteiger charge is -2.04. The first kappa shape index (κ1) is 6.31. The number of nitrogens with two attached hydrogens (primary N) is 1. The van der Waals surface area contributed by atoms with Gasteiger partial charge >= 0.3 is 0 Å². The zero-order valence-electron chi connectivity index (χ0n) is 5.92. The van der Waals surface area contributed by atoms with Gasteiger partial charge in [0.2, 0.25) is 0 Å². The van der Waals surface area contributed by atoms with Crippen LogP contribution in [0, 0.1) is 6.92 Å². The van der Waals surface area contributed by atoms with E-state index in [1.807, 2.05) is 6.92 Å². The molecule has 3 heteroatoms. The first-order chi connectivity index (χ1) is 4.72. The largest absolute Gasteiger partial charge is 0.321 e. The van der Waals surface area contributed by atoms with E-state index in [9.17, 15) is 0 Å². The molecule has 1 aromatic heterocycles. The Kier molecular flexibility index (Phi) is 1.13. The second kappa shape index (κ2) is 1.80. The molecule has 2 rings (SSSR count). The van der Waals surface area contributed by atoms with Crippen molar-refractivity contribution in [3.05, 3.63) is 16.6 Å². The maximum atomic E-state index is 5.98. The third-order valence-corrected chi connectivity index (χ3v) is 2.80. The van der Waals surface area contributed by atoms with Crippen LogP contribution in [0.3, 0.4) is 0 Å². The Morgan fingerprint density at radius 2 is 2.40 bits per heavy atom. The molecule has 0 aromatic carbocycles. The number of aryl methyl sites for hydroxylation is 1. The van der Waals surface area contributed by atoms with Crippen molar-refractivity contribution in [2.24, 2.45) is 5.73 Å². The maximum Gasteiger partial charge on any atom is 0.0561 e. The van der Waals surface area contributed by atoms with Crippen LogP contribution in [-0.2, 0) is 5.54 Å². The smallest absolute Gasteiger partial charge is 0.0561 e. The van der Waals surface area contributed by atoms with Gasteiger partial charge in [0.15, 0.2) is 0 Å². The Labute approximate surface area is 64.2 Å². The molecule has 54 valence electrons. The van der Waals surface area contributed by atoms with E-state index in [0.29, 0.717) is 0 Å². The van der Waals surface area contributed by atoms with Crippen LogP contribution >= 0.6 is 11.5 Å². The fourth-order valence-corrected chi connectivity index (χ4v) is 1.99. The van der Waals surface area contributed by atoms with Crippen LogP contribution in [0.4, 0.5) is 0 Å². The molecule has 0 radical (unpaired) electrons. The molecule has 1 heterocycles. The minimum Gasteiger partial charge on any atom is -0.321 e. The van der Waals surface area contributed by atoms with Crippen LogP contribution in [0.1, 0.15) is 24.1 Å². The van der Waals surface area contributed by atoms with E-state index in [0.717, 1.165) is 18.5 Å². The number of hydrogen-bond donors (Lipinski definition) is 1. The maximum absolute atomic E-state index is 5.98. The molecule has 1 aliphatic carbocycles. The van der Waals surface area contributed by atoms with Crippen molar-refractivity contribution in [2.45, 2.75) is 25.3 Å². The fourth-order valence-electron chi connectivity index (χ4n) is 1.17. The highest BCUT2D eigenvalue weighted by Crippen LogP contribution is 2.44. The van der Waals surface area contributed by atoms with Crippen molar-refractivity contribution in [3.8, 4) is 0 Å². The third-order valence-electron chi connectivity index (χ3n) is 2.08. The Morgan fingerprint density at radius 3 is 2.80 bits per heavy atom.